The Hall–Kier alpha value is -0.330. The van der Waals surface area contributed by atoms with E-state index in [2.05, 4.69) is 6.58 Å². The maximum atomic E-state index is 11.8. The van der Waals surface area contributed by atoms with Crippen molar-refractivity contribution in [3.63, 3.8) is 0 Å². The normalized spacial score (nSPS) is 10.5. The van der Waals surface area contributed by atoms with E-state index in [9.17, 15) is 4.39 Å². The molecular weight excluding hydrogens is 187 g/mol. The Morgan fingerprint density at radius 1 is 0.667 bits per heavy atom. The molecular formula is C14H27F. The topological polar surface area (TPSA) is 0 Å². The Morgan fingerprint density at radius 2 is 1.07 bits per heavy atom. The molecule has 0 amide bonds. The fourth-order valence-corrected chi connectivity index (χ4v) is 1.80. The molecule has 0 unspecified atom stereocenters. The lowest BCUT2D eigenvalue weighted by molar-refractivity contribution is 0.449. The van der Waals surface area contributed by atoms with Crippen LogP contribution in [0.4, 0.5) is 4.39 Å². The first-order valence-electron chi connectivity index (χ1n) is 6.58. The van der Waals surface area contributed by atoms with Gasteiger partial charge in [-0.15, -0.1) is 6.58 Å². The van der Waals surface area contributed by atoms with Crippen LogP contribution < -0.4 is 0 Å². The van der Waals surface area contributed by atoms with E-state index in [0.29, 0.717) is 0 Å². The van der Waals surface area contributed by atoms with Crippen molar-refractivity contribution in [2.75, 3.05) is 6.67 Å². The summed E-state index contributed by atoms with van der Waals surface area (Å²) in [7, 11) is 0. The van der Waals surface area contributed by atoms with Gasteiger partial charge in [0.25, 0.3) is 0 Å². The molecule has 0 nitrogen and oxygen atoms in total. The van der Waals surface area contributed by atoms with E-state index in [1.165, 1.54) is 57.8 Å². The molecule has 1 heteroatoms. The summed E-state index contributed by atoms with van der Waals surface area (Å²) in [5.74, 6) is 0. The first kappa shape index (κ1) is 14.7. The molecule has 0 heterocycles. The largest absolute Gasteiger partial charge is 0.251 e. The van der Waals surface area contributed by atoms with Gasteiger partial charge in [0, 0.05) is 0 Å². The molecule has 0 aromatic rings. The number of rotatable bonds is 12. The van der Waals surface area contributed by atoms with Crippen molar-refractivity contribution in [3.8, 4) is 0 Å². The van der Waals surface area contributed by atoms with E-state index in [0.717, 1.165) is 12.8 Å². The first-order chi connectivity index (χ1) is 7.41. The Kier molecular flexibility index (Phi) is 13.4. The second-order valence-corrected chi connectivity index (χ2v) is 4.30. The van der Waals surface area contributed by atoms with Crippen molar-refractivity contribution in [2.45, 2.75) is 70.6 Å². The van der Waals surface area contributed by atoms with Crippen LogP contribution in [0.15, 0.2) is 12.7 Å². The number of halogens is 1. The third-order valence-electron chi connectivity index (χ3n) is 2.79. The van der Waals surface area contributed by atoms with Gasteiger partial charge in [0.1, 0.15) is 0 Å². The maximum absolute atomic E-state index is 11.8. The highest BCUT2D eigenvalue weighted by Crippen LogP contribution is 2.11. The van der Waals surface area contributed by atoms with Crippen LogP contribution in [0.25, 0.3) is 0 Å². The Balaban J connectivity index is 2.83. The third kappa shape index (κ3) is 13.7. The smallest absolute Gasteiger partial charge is 0.0894 e. The molecule has 0 aromatic heterocycles. The van der Waals surface area contributed by atoms with Gasteiger partial charge in [0.15, 0.2) is 0 Å². The zero-order valence-corrected chi connectivity index (χ0v) is 10.1. The number of hydrogen-bond acceptors (Lipinski definition) is 0. The molecule has 0 aliphatic rings. The van der Waals surface area contributed by atoms with Crippen LogP contribution in [0.2, 0.25) is 0 Å². The highest BCUT2D eigenvalue weighted by Gasteiger charge is 1.92. The van der Waals surface area contributed by atoms with Crippen molar-refractivity contribution in [3.05, 3.63) is 12.7 Å². The van der Waals surface area contributed by atoms with Crippen LogP contribution in [-0.4, -0.2) is 6.67 Å². The maximum Gasteiger partial charge on any atom is 0.0894 e. The molecule has 0 spiro atoms. The molecule has 0 radical (unpaired) electrons. The highest BCUT2D eigenvalue weighted by atomic mass is 19.1. The van der Waals surface area contributed by atoms with Crippen LogP contribution in [0, 0.1) is 0 Å². The highest BCUT2D eigenvalue weighted by molar-refractivity contribution is 4.65. The summed E-state index contributed by atoms with van der Waals surface area (Å²) in [5, 5.41) is 0. The third-order valence-corrected chi connectivity index (χ3v) is 2.79. The second kappa shape index (κ2) is 13.7. The fraction of sp³-hybridized carbons (Fsp3) is 0.857. The minimum Gasteiger partial charge on any atom is -0.251 e. The minimum atomic E-state index is -0.136. The summed E-state index contributed by atoms with van der Waals surface area (Å²) in [4.78, 5) is 0. The van der Waals surface area contributed by atoms with Crippen LogP contribution in [0.3, 0.4) is 0 Å². The molecule has 0 rings (SSSR count). The summed E-state index contributed by atoms with van der Waals surface area (Å²) in [6.45, 7) is 3.58. The van der Waals surface area contributed by atoms with Crippen molar-refractivity contribution in [1.82, 2.24) is 0 Å². The summed E-state index contributed by atoms with van der Waals surface area (Å²) >= 11 is 0. The lowest BCUT2D eigenvalue weighted by Gasteiger charge is -2.01. The predicted molar refractivity (Wildman–Crippen MR) is 67.0 cm³/mol. The van der Waals surface area contributed by atoms with E-state index in [1.807, 2.05) is 6.08 Å². The Bertz CT molecular complexity index is 121. The van der Waals surface area contributed by atoms with E-state index in [-0.39, 0.29) is 6.67 Å². The van der Waals surface area contributed by atoms with Gasteiger partial charge in [0.05, 0.1) is 6.67 Å². The molecule has 0 aromatic carbocycles. The summed E-state index contributed by atoms with van der Waals surface area (Å²) in [5.41, 5.74) is 0. The minimum absolute atomic E-state index is 0.136. The molecule has 0 fully saturated rings. The fourth-order valence-electron chi connectivity index (χ4n) is 1.80. The molecule has 90 valence electrons. The van der Waals surface area contributed by atoms with Crippen LogP contribution in [0.1, 0.15) is 70.6 Å². The molecule has 0 saturated carbocycles. The second-order valence-electron chi connectivity index (χ2n) is 4.30. The van der Waals surface area contributed by atoms with Gasteiger partial charge in [-0.3, -0.25) is 4.39 Å². The van der Waals surface area contributed by atoms with Gasteiger partial charge in [-0.1, -0.05) is 57.4 Å². The van der Waals surface area contributed by atoms with Crippen molar-refractivity contribution >= 4 is 0 Å². The standard InChI is InChI=1S/C14H27F/c1-2-3-4-5-6-7-8-9-10-11-12-13-14-15/h2H,1,3-14H2. The Morgan fingerprint density at radius 3 is 1.47 bits per heavy atom. The van der Waals surface area contributed by atoms with Crippen LogP contribution in [-0.2, 0) is 0 Å². The van der Waals surface area contributed by atoms with E-state index in [4.69, 9.17) is 0 Å². The van der Waals surface area contributed by atoms with Gasteiger partial charge < -0.3 is 0 Å². The summed E-state index contributed by atoms with van der Waals surface area (Å²) in [6, 6.07) is 0. The number of hydrogen-bond donors (Lipinski definition) is 0. The molecule has 0 N–H and O–H groups in total. The van der Waals surface area contributed by atoms with Gasteiger partial charge in [-0.05, 0) is 19.3 Å². The predicted octanol–water partition coefficient (Wildman–Crippen LogP) is 5.43. The van der Waals surface area contributed by atoms with Gasteiger partial charge >= 0.3 is 0 Å². The first-order valence-corrected chi connectivity index (χ1v) is 6.58. The van der Waals surface area contributed by atoms with Crippen molar-refractivity contribution in [1.29, 1.82) is 0 Å². The van der Waals surface area contributed by atoms with E-state index >= 15 is 0 Å². The van der Waals surface area contributed by atoms with Crippen molar-refractivity contribution < 1.29 is 4.39 Å². The van der Waals surface area contributed by atoms with Gasteiger partial charge in [0.2, 0.25) is 0 Å². The average Bonchev–Trinajstić information content (AvgIpc) is 2.26. The molecule has 0 saturated heterocycles. The zero-order valence-electron chi connectivity index (χ0n) is 10.1. The lowest BCUT2D eigenvalue weighted by atomic mass is 10.1. The average molecular weight is 214 g/mol. The SMILES string of the molecule is C=CCCCCCCCCCCCCF. The zero-order chi connectivity index (χ0) is 11.2. The van der Waals surface area contributed by atoms with E-state index in [1.54, 1.807) is 0 Å². The summed E-state index contributed by atoms with van der Waals surface area (Å²) < 4.78 is 11.8. The monoisotopic (exact) mass is 214 g/mol. The molecule has 0 bridgehead atoms. The van der Waals surface area contributed by atoms with Gasteiger partial charge in [-0.2, -0.15) is 0 Å². The number of allylic oxidation sites excluding steroid dienone is 1. The molecule has 0 aliphatic carbocycles. The van der Waals surface area contributed by atoms with Crippen LogP contribution in [0.5, 0.6) is 0 Å². The summed E-state index contributed by atoms with van der Waals surface area (Å²) in [6.07, 6.45) is 15.7. The van der Waals surface area contributed by atoms with Crippen molar-refractivity contribution in [2.24, 2.45) is 0 Å². The van der Waals surface area contributed by atoms with E-state index < -0.39 is 0 Å². The molecule has 0 aliphatic heterocycles. The molecule has 0 atom stereocenters. The van der Waals surface area contributed by atoms with Gasteiger partial charge in [-0.25, -0.2) is 0 Å². The quantitative estimate of drug-likeness (QED) is 0.300. The van der Waals surface area contributed by atoms with Crippen LogP contribution >= 0.6 is 0 Å². The molecule has 15 heavy (non-hydrogen) atoms. The number of unbranched alkanes of at least 4 members (excludes halogenated alkanes) is 10. The lowest BCUT2D eigenvalue weighted by Crippen LogP contribution is -1.82. The number of alkyl halides is 1. The Labute approximate surface area is 95.0 Å².